The second-order valence-corrected chi connectivity index (χ2v) is 11.2. The topological polar surface area (TPSA) is 126 Å². The van der Waals surface area contributed by atoms with E-state index in [4.69, 9.17) is 21.2 Å². The lowest BCUT2D eigenvalue weighted by Crippen LogP contribution is -2.55. The Hall–Kier alpha value is -2.77. The number of hydroxylamine groups is 1. The molecule has 0 aromatic heterocycles. The number of hydrogen-bond acceptors (Lipinski definition) is 8. The van der Waals surface area contributed by atoms with Crippen molar-refractivity contribution in [3.63, 3.8) is 0 Å². The lowest BCUT2D eigenvalue weighted by molar-refractivity contribution is -0.164. The maximum absolute atomic E-state index is 13.5. The van der Waals surface area contributed by atoms with E-state index in [9.17, 15) is 22.8 Å². The Labute approximate surface area is 220 Å². The first-order chi connectivity index (χ1) is 17.7. The number of fused-ring (bicyclic) bond motifs is 1. The van der Waals surface area contributed by atoms with E-state index >= 15 is 0 Å². The van der Waals surface area contributed by atoms with Crippen LogP contribution in [0.2, 0.25) is 5.02 Å². The normalized spacial score (nSPS) is 21.5. The number of ether oxygens (including phenoxy) is 1. The molecule has 2 aliphatic heterocycles. The van der Waals surface area contributed by atoms with Crippen molar-refractivity contribution in [3.8, 4) is 0 Å². The lowest BCUT2D eigenvalue weighted by Gasteiger charge is -2.36. The number of hydrogen-bond donors (Lipinski definition) is 1. The number of sulfonamides is 1. The molecule has 2 saturated heterocycles. The number of carbonyl (C=O) groups excluding carboxylic acids is 3. The van der Waals surface area contributed by atoms with Gasteiger partial charge in [0.15, 0.2) is 0 Å². The molecule has 11 nitrogen and oxygen atoms in total. The van der Waals surface area contributed by atoms with E-state index in [1.807, 2.05) is 0 Å². The van der Waals surface area contributed by atoms with Crippen molar-refractivity contribution in [3.05, 3.63) is 41.4 Å². The molecule has 0 saturated carbocycles. The number of halogens is 1. The van der Waals surface area contributed by atoms with E-state index in [1.165, 1.54) is 17.0 Å². The molecule has 2 aliphatic rings. The second kappa shape index (κ2) is 11.3. The zero-order chi connectivity index (χ0) is 26.7. The smallest absolute Gasteiger partial charge is 0.314 e. The van der Waals surface area contributed by atoms with Crippen LogP contribution in [0.15, 0.2) is 41.3 Å². The number of amides is 2. The predicted molar refractivity (Wildman–Crippen MR) is 135 cm³/mol. The number of benzene rings is 2. The van der Waals surface area contributed by atoms with Crippen LogP contribution in [0.25, 0.3) is 10.8 Å². The fraction of sp³-hybridized carbons (Fsp3) is 0.458. The number of morpholine rings is 1. The minimum absolute atomic E-state index is 0.0292. The van der Waals surface area contributed by atoms with E-state index in [0.717, 1.165) is 5.39 Å². The summed E-state index contributed by atoms with van der Waals surface area (Å²) in [5.41, 5.74) is 0. The fourth-order valence-corrected chi connectivity index (χ4v) is 6.32. The maximum atomic E-state index is 13.5. The molecular formula is C24H29ClN4O7S. The highest BCUT2D eigenvalue weighted by Crippen LogP contribution is 2.29. The molecule has 2 amide bonds. The number of rotatable bonds is 9. The van der Waals surface area contributed by atoms with E-state index in [-0.39, 0.29) is 36.3 Å². The zero-order valence-corrected chi connectivity index (χ0v) is 22.1. The molecule has 200 valence electrons. The van der Waals surface area contributed by atoms with Crippen LogP contribution in [0.3, 0.4) is 0 Å². The summed E-state index contributed by atoms with van der Waals surface area (Å²) < 4.78 is 33.0. The highest BCUT2D eigenvalue weighted by atomic mass is 35.5. The van der Waals surface area contributed by atoms with Gasteiger partial charge >= 0.3 is 6.47 Å². The largest absolute Gasteiger partial charge is 0.373 e. The van der Waals surface area contributed by atoms with Gasteiger partial charge < -0.3 is 24.7 Å². The van der Waals surface area contributed by atoms with Crippen molar-refractivity contribution in [2.75, 3.05) is 39.8 Å². The molecule has 2 fully saturated rings. The summed E-state index contributed by atoms with van der Waals surface area (Å²) >= 11 is 6.01. The van der Waals surface area contributed by atoms with Crippen LogP contribution in [0.1, 0.15) is 13.3 Å². The third kappa shape index (κ3) is 5.58. The predicted octanol–water partition coefficient (Wildman–Crippen LogP) is 1.01. The van der Waals surface area contributed by atoms with Gasteiger partial charge in [-0.2, -0.15) is 0 Å². The molecule has 0 spiro atoms. The monoisotopic (exact) mass is 552 g/mol. The molecule has 37 heavy (non-hydrogen) atoms. The van der Waals surface area contributed by atoms with Crippen LogP contribution < -0.4 is 5.32 Å². The molecular weight excluding hydrogens is 524 g/mol. The first kappa shape index (κ1) is 27.3. The summed E-state index contributed by atoms with van der Waals surface area (Å²) in [4.78, 5) is 45.5. The molecule has 0 aliphatic carbocycles. The first-order valence-electron chi connectivity index (χ1n) is 11.9. The van der Waals surface area contributed by atoms with Crippen LogP contribution >= 0.6 is 11.6 Å². The Morgan fingerprint density at radius 3 is 2.73 bits per heavy atom. The third-order valence-electron chi connectivity index (χ3n) is 6.63. The van der Waals surface area contributed by atoms with Gasteiger partial charge in [-0.25, -0.2) is 8.42 Å². The highest BCUT2D eigenvalue weighted by molar-refractivity contribution is 7.89. The van der Waals surface area contributed by atoms with Gasteiger partial charge in [0.05, 0.1) is 17.6 Å². The van der Waals surface area contributed by atoms with Gasteiger partial charge in [0, 0.05) is 31.2 Å². The van der Waals surface area contributed by atoms with Crippen LogP contribution in [-0.4, -0.2) is 99.0 Å². The SMILES string of the molecule is CNCC1CN(C(=O)[C@H](C)N2CC[C@H](N(OC=O)S(=O)(=O)c3ccc4cc(Cl)ccc4c3)C2=O)CCO1. The van der Waals surface area contributed by atoms with Gasteiger partial charge in [-0.3, -0.25) is 14.4 Å². The number of likely N-dealkylation sites (tertiary alicyclic amines) is 1. The summed E-state index contributed by atoms with van der Waals surface area (Å²) in [6.45, 7) is 3.47. The van der Waals surface area contributed by atoms with Crippen LogP contribution in [0.5, 0.6) is 0 Å². The molecule has 13 heteroatoms. The van der Waals surface area contributed by atoms with Gasteiger partial charge in [0.1, 0.15) is 12.1 Å². The van der Waals surface area contributed by atoms with Crippen molar-refractivity contribution >= 4 is 50.7 Å². The minimum atomic E-state index is -4.40. The van der Waals surface area contributed by atoms with E-state index < -0.39 is 28.0 Å². The van der Waals surface area contributed by atoms with Crippen molar-refractivity contribution in [1.82, 2.24) is 19.6 Å². The van der Waals surface area contributed by atoms with Crippen LogP contribution in [0, 0.1) is 0 Å². The number of likely N-dealkylation sites (N-methyl/N-ethyl adjacent to an activating group) is 1. The molecule has 4 rings (SSSR count). The molecule has 1 unspecified atom stereocenters. The number of nitrogens with one attached hydrogen (secondary N) is 1. The van der Waals surface area contributed by atoms with Crippen molar-refractivity contribution in [2.24, 2.45) is 0 Å². The molecule has 0 bridgehead atoms. The molecule has 2 heterocycles. The van der Waals surface area contributed by atoms with Gasteiger partial charge in [-0.15, -0.1) is 0 Å². The molecule has 0 radical (unpaired) electrons. The summed E-state index contributed by atoms with van der Waals surface area (Å²) in [7, 11) is -2.61. The quantitative estimate of drug-likeness (QED) is 0.361. The Balaban J connectivity index is 1.53. The Bertz CT molecular complexity index is 1290. The van der Waals surface area contributed by atoms with Crippen molar-refractivity contribution in [1.29, 1.82) is 0 Å². The summed E-state index contributed by atoms with van der Waals surface area (Å²) in [5.74, 6) is -0.865. The first-order valence-corrected chi connectivity index (χ1v) is 13.7. The second-order valence-electron chi connectivity index (χ2n) is 8.96. The Morgan fingerprint density at radius 1 is 1.27 bits per heavy atom. The zero-order valence-electron chi connectivity index (χ0n) is 20.5. The Kier molecular flexibility index (Phi) is 8.34. The van der Waals surface area contributed by atoms with Gasteiger partial charge in [0.25, 0.3) is 10.0 Å². The molecule has 2 aromatic rings. The van der Waals surface area contributed by atoms with E-state index in [0.29, 0.717) is 41.1 Å². The van der Waals surface area contributed by atoms with Gasteiger partial charge in [-0.1, -0.05) is 23.7 Å². The molecule has 3 atom stereocenters. The number of nitrogens with zero attached hydrogens (tertiary/aromatic N) is 3. The highest BCUT2D eigenvalue weighted by Gasteiger charge is 2.47. The summed E-state index contributed by atoms with van der Waals surface area (Å²) in [6, 6.07) is 7.24. The fourth-order valence-electron chi connectivity index (χ4n) is 4.73. The average molecular weight is 553 g/mol. The molecule has 1 N–H and O–H groups in total. The summed E-state index contributed by atoms with van der Waals surface area (Å²) in [5, 5.41) is 4.86. The average Bonchev–Trinajstić information content (AvgIpc) is 3.26. The van der Waals surface area contributed by atoms with Crippen molar-refractivity contribution in [2.45, 2.75) is 36.4 Å². The Morgan fingerprint density at radius 2 is 2.00 bits per heavy atom. The third-order valence-corrected chi connectivity index (χ3v) is 8.53. The van der Waals surface area contributed by atoms with Crippen LogP contribution in [0.4, 0.5) is 0 Å². The lowest BCUT2D eigenvalue weighted by atomic mass is 10.1. The maximum Gasteiger partial charge on any atom is 0.314 e. The van der Waals surface area contributed by atoms with E-state index in [2.05, 4.69) is 5.32 Å². The van der Waals surface area contributed by atoms with Gasteiger partial charge in [0.2, 0.25) is 11.8 Å². The van der Waals surface area contributed by atoms with Gasteiger partial charge in [-0.05, 0) is 59.9 Å². The van der Waals surface area contributed by atoms with Crippen molar-refractivity contribution < 1.29 is 32.4 Å². The van der Waals surface area contributed by atoms with E-state index in [1.54, 1.807) is 43.1 Å². The summed E-state index contributed by atoms with van der Waals surface area (Å²) in [6.07, 6.45) is -0.102. The number of carbonyl (C=O) groups is 3. The standard InChI is InChI=1S/C24H29ClN4O7S/c1-16(23(31)27-9-10-35-20(14-27)13-26-2)28-8-7-22(24(28)32)29(36-15-30)37(33,34)21-6-4-17-11-19(25)5-3-18(17)12-21/h3-6,11-12,15-16,20,22,26H,7-10,13-14H2,1-2H3/t16-,20?,22-/m0/s1. The molecule has 2 aromatic carbocycles. The minimum Gasteiger partial charge on any atom is -0.373 e. The van der Waals surface area contributed by atoms with Crippen LogP contribution in [-0.2, 0) is 34.0 Å².